The van der Waals surface area contributed by atoms with Crippen LogP contribution in [0.25, 0.3) is 10.9 Å². The second-order valence-corrected chi connectivity index (χ2v) is 10.2. The fourth-order valence-electron chi connectivity index (χ4n) is 5.60. The monoisotopic (exact) mass is 523 g/mol. The van der Waals surface area contributed by atoms with E-state index in [4.69, 9.17) is 0 Å². The maximum Gasteiger partial charge on any atom is 0.253 e. The molecular weight excluding hydrogens is 493 g/mol. The van der Waals surface area contributed by atoms with E-state index in [9.17, 15) is 9.18 Å². The normalized spacial score (nSPS) is 15.1. The molecule has 1 unspecified atom stereocenters. The van der Waals surface area contributed by atoms with Crippen LogP contribution in [-0.2, 0) is 6.54 Å². The van der Waals surface area contributed by atoms with Gasteiger partial charge in [0.05, 0.1) is 12.2 Å². The molecule has 1 saturated heterocycles. The van der Waals surface area contributed by atoms with Gasteiger partial charge in [-0.15, -0.1) is 5.10 Å². The highest BCUT2D eigenvalue weighted by Gasteiger charge is 2.33. The van der Waals surface area contributed by atoms with Gasteiger partial charge in [0.25, 0.3) is 5.56 Å². The number of hydrogen-bond acceptors (Lipinski definition) is 6. The van der Waals surface area contributed by atoms with Gasteiger partial charge < -0.3 is 9.88 Å². The van der Waals surface area contributed by atoms with Crippen molar-refractivity contribution in [3.8, 4) is 0 Å². The molecule has 198 valence electrons. The van der Waals surface area contributed by atoms with Gasteiger partial charge in [-0.3, -0.25) is 9.69 Å². The molecule has 3 aromatic carbocycles. The van der Waals surface area contributed by atoms with Crippen LogP contribution in [-0.4, -0.2) is 56.3 Å². The maximum absolute atomic E-state index is 14.5. The number of H-pyrrole nitrogens is 1. The zero-order valence-electron chi connectivity index (χ0n) is 22.0. The Bertz CT molecular complexity index is 1670. The van der Waals surface area contributed by atoms with E-state index >= 15 is 0 Å². The number of aryl methyl sites for hydroxylation is 2. The first-order chi connectivity index (χ1) is 19.0. The molecule has 1 fully saturated rings. The molecule has 39 heavy (non-hydrogen) atoms. The Balaban J connectivity index is 1.41. The summed E-state index contributed by atoms with van der Waals surface area (Å²) in [5.41, 5.74) is 5.09. The quantitative estimate of drug-likeness (QED) is 0.359. The van der Waals surface area contributed by atoms with Gasteiger partial charge in [-0.2, -0.15) is 0 Å². The Labute approximate surface area is 225 Å². The van der Waals surface area contributed by atoms with Crippen LogP contribution in [0.1, 0.15) is 34.1 Å². The van der Waals surface area contributed by atoms with Gasteiger partial charge in [0.2, 0.25) is 0 Å². The average Bonchev–Trinajstić information content (AvgIpc) is 3.38. The summed E-state index contributed by atoms with van der Waals surface area (Å²) in [6.45, 7) is 7.01. The largest absolute Gasteiger partial charge is 0.367 e. The molecule has 0 bridgehead atoms. The minimum atomic E-state index is -0.472. The van der Waals surface area contributed by atoms with Crippen LogP contribution in [0.5, 0.6) is 0 Å². The van der Waals surface area contributed by atoms with Gasteiger partial charge in [0.1, 0.15) is 11.9 Å². The zero-order chi connectivity index (χ0) is 26.9. The highest BCUT2D eigenvalue weighted by molar-refractivity contribution is 5.83. The number of benzene rings is 3. The number of rotatable bonds is 6. The Morgan fingerprint density at radius 3 is 2.46 bits per heavy atom. The molecule has 0 amide bonds. The molecule has 0 spiro atoms. The van der Waals surface area contributed by atoms with E-state index in [1.54, 1.807) is 10.7 Å². The lowest BCUT2D eigenvalue weighted by molar-refractivity contribution is 0.200. The number of para-hydroxylation sites is 1. The lowest BCUT2D eigenvalue weighted by Gasteiger charge is -2.39. The van der Waals surface area contributed by atoms with E-state index in [0.29, 0.717) is 49.8 Å². The van der Waals surface area contributed by atoms with Crippen molar-refractivity contribution in [2.75, 3.05) is 31.1 Å². The Morgan fingerprint density at radius 2 is 1.69 bits per heavy atom. The standard InChI is InChI=1S/C30H30FN7O/c1-20-16-21(2)23-18-24(30(39)32-26(23)17-20)28(29-33-34-35-38(29)19-22-8-4-3-5-9-22)37-14-12-36(13-15-37)27-11-7-6-10-25(27)31/h3-11,16-18,28H,12-15,19H2,1-2H3,(H,32,39). The number of aromatic amines is 1. The summed E-state index contributed by atoms with van der Waals surface area (Å²) in [6, 6.07) is 22.5. The number of fused-ring (bicyclic) bond motifs is 1. The van der Waals surface area contributed by atoms with E-state index in [1.807, 2.05) is 66.4 Å². The summed E-state index contributed by atoms with van der Waals surface area (Å²) in [4.78, 5) is 21.0. The van der Waals surface area contributed by atoms with Crippen molar-refractivity contribution >= 4 is 16.6 Å². The van der Waals surface area contributed by atoms with Gasteiger partial charge >= 0.3 is 0 Å². The molecule has 2 aromatic heterocycles. The molecule has 5 aromatic rings. The summed E-state index contributed by atoms with van der Waals surface area (Å²) >= 11 is 0. The fraction of sp³-hybridized carbons (Fsp3) is 0.267. The second kappa shape index (κ2) is 10.4. The number of pyridine rings is 1. The van der Waals surface area contributed by atoms with Gasteiger partial charge in [-0.05, 0) is 65.2 Å². The lowest BCUT2D eigenvalue weighted by atomic mass is 9.99. The summed E-state index contributed by atoms with van der Waals surface area (Å²) < 4.78 is 16.3. The second-order valence-electron chi connectivity index (χ2n) is 10.2. The van der Waals surface area contributed by atoms with Crippen molar-refractivity contribution in [2.45, 2.75) is 26.4 Å². The Kier molecular flexibility index (Phi) is 6.66. The molecular formula is C30H30FN7O. The minimum Gasteiger partial charge on any atom is -0.367 e. The minimum absolute atomic E-state index is 0.164. The van der Waals surface area contributed by atoms with Crippen molar-refractivity contribution in [2.24, 2.45) is 0 Å². The third-order valence-electron chi connectivity index (χ3n) is 7.49. The molecule has 1 aliphatic rings. The zero-order valence-corrected chi connectivity index (χ0v) is 22.0. The fourth-order valence-corrected chi connectivity index (χ4v) is 5.60. The van der Waals surface area contributed by atoms with Gasteiger partial charge in [0, 0.05) is 42.6 Å². The highest BCUT2D eigenvalue weighted by Crippen LogP contribution is 2.30. The summed E-state index contributed by atoms with van der Waals surface area (Å²) in [5, 5.41) is 13.8. The number of piperazine rings is 1. The molecule has 0 aliphatic carbocycles. The predicted octanol–water partition coefficient (Wildman–Crippen LogP) is 4.23. The van der Waals surface area contributed by atoms with Crippen LogP contribution in [0.15, 0.2) is 77.6 Å². The number of tetrazole rings is 1. The molecule has 1 N–H and O–H groups in total. The van der Waals surface area contributed by atoms with Crippen LogP contribution in [0, 0.1) is 19.7 Å². The van der Waals surface area contributed by atoms with Crippen LogP contribution in [0.3, 0.4) is 0 Å². The van der Waals surface area contributed by atoms with Crippen molar-refractivity contribution in [3.63, 3.8) is 0 Å². The SMILES string of the molecule is Cc1cc(C)c2cc(C(c3nnnn3Cc3ccccc3)N3CCN(c4ccccc4F)CC3)c(=O)[nH]c2c1. The molecule has 0 radical (unpaired) electrons. The molecule has 3 heterocycles. The van der Waals surface area contributed by atoms with Crippen molar-refractivity contribution in [3.05, 3.63) is 117 Å². The maximum atomic E-state index is 14.5. The van der Waals surface area contributed by atoms with E-state index in [2.05, 4.69) is 38.4 Å². The van der Waals surface area contributed by atoms with E-state index < -0.39 is 6.04 Å². The number of aromatic nitrogens is 5. The average molecular weight is 524 g/mol. The van der Waals surface area contributed by atoms with E-state index in [0.717, 1.165) is 27.6 Å². The number of nitrogens with one attached hydrogen (secondary N) is 1. The first-order valence-electron chi connectivity index (χ1n) is 13.2. The van der Waals surface area contributed by atoms with Crippen molar-refractivity contribution in [1.29, 1.82) is 0 Å². The smallest absolute Gasteiger partial charge is 0.253 e. The molecule has 9 heteroatoms. The topological polar surface area (TPSA) is 82.9 Å². The first-order valence-corrected chi connectivity index (χ1v) is 13.2. The summed E-state index contributed by atoms with van der Waals surface area (Å²) in [6.07, 6.45) is 0. The van der Waals surface area contributed by atoms with Crippen LogP contribution >= 0.6 is 0 Å². The van der Waals surface area contributed by atoms with E-state index in [-0.39, 0.29) is 11.4 Å². The van der Waals surface area contributed by atoms with Crippen LogP contribution in [0.4, 0.5) is 10.1 Å². The first kappa shape index (κ1) is 24.9. The third kappa shape index (κ3) is 4.93. The van der Waals surface area contributed by atoms with Gasteiger partial charge in [0.15, 0.2) is 5.82 Å². The Hall–Kier alpha value is -4.37. The van der Waals surface area contributed by atoms with Crippen molar-refractivity contribution in [1.82, 2.24) is 30.1 Å². The Morgan fingerprint density at radius 1 is 0.949 bits per heavy atom. The van der Waals surface area contributed by atoms with E-state index in [1.165, 1.54) is 6.07 Å². The summed E-state index contributed by atoms with van der Waals surface area (Å²) in [5.74, 6) is 0.374. The number of anilines is 1. The molecule has 0 saturated carbocycles. The number of nitrogens with zero attached hydrogens (tertiary/aromatic N) is 6. The predicted molar refractivity (Wildman–Crippen MR) is 149 cm³/mol. The van der Waals surface area contributed by atoms with Crippen LogP contribution in [0.2, 0.25) is 0 Å². The van der Waals surface area contributed by atoms with Gasteiger partial charge in [-0.1, -0.05) is 48.5 Å². The highest BCUT2D eigenvalue weighted by atomic mass is 19.1. The third-order valence-corrected chi connectivity index (χ3v) is 7.49. The lowest BCUT2D eigenvalue weighted by Crippen LogP contribution is -2.49. The number of hydrogen-bond donors (Lipinski definition) is 1. The molecule has 8 nitrogen and oxygen atoms in total. The molecule has 6 rings (SSSR count). The van der Waals surface area contributed by atoms with Crippen LogP contribution < -0.4 is 10.5 Å². The van der Waals surface area contributed by atoms with Gasteiger partial charge in [-0.25, -0.2) is 9.07 Å². The van der Waals surface area contributed by atoms with Crippen molar-refractivity contribution < 1.29 is 4.39 Å². The molecule has 1 aliphatic heterocycles. The molecule has 1 atom stereocenters. The number of halogens is 1. The summed E-state index contributed by atoms with van der Waals surface area (Å²) in [7, 11) is 0.